The molecular formula is C12H11ClN4O3. The van der Waals surface area contributed by atoms with Gasteiger partial charge < -0.3 is 9.47 Å². The topological polar surface area (TPSA) is 89.1 Å². The maximum absolute atomic E-state index is 12.1. The smallest absolute Gasteiger partial charge is 0.336 e. The predicted octanol–water partition coefficient (Wildman–Crippen LogP) is 1.41. The zero-order valence-corrected chi connectivity index (χ0v) is 11.3. The van der Waals surface area contributed by atoms with Crippen molar-refractivity contribution in [2.24, 2.45) is 0 Å². The van der Waals surface area contributed by atoms with Gasteiger partial charge in [0.1, 0.15) is 5.75 Å². The molecule has 0 saturated heterocycles. The lowest BCUT2D eigenvalue weighted by molar-refractivity contribution is -0.122. The Labute approximate surface area is 119 Å². The lowest BCUT2D eigenvalue weighted by atomic mass is 10.1. The van der Waals surface area contributed by atoms with Crippen molar-refractivity contribution in [2.75, 3.05) is 12.4 Å². The first-order valence-corrected chi connectivity index (χ1v) is 6.26. The van der Waals surface area contributed by atoms with E-state index in [2.05, 4.69) is 20.5 Å². The van der Waals surface area contributed by atoms with Crippen LogP contribution in [0.15, 0.2) is 18.2 Å². The number of hydrogen-bond acceptors (Lipinski definition) is 5. The molecule has 2 aromatic rings. The summed E-state index contributed by atoms with van der Waals surface area (Å²) in [4.78, 5) is 16.0. The van der Waals surface area contributed by atoms with Crippen molar-refractivity contribution in [3.8, 4) is 11.8 Å². The zero-order chi connectivity index (χ0) is 14.1. The molecule has 3 rings (SSSR count). The number of ether oxygens (including phenoxy) is 2. The molecule has 8 heteroatoms. The Morgan fingerprint density at radius 1 is 1.60 bits per heavy atom. The minimum Gasteiger partial charge on any atom is -0.480 e. The van der Waals surface area contributed by atoms with Gasteiger partial charge in [-0.05, 0) is 23.8 Å². The minimum absolute atomic E-state index is 0.155. The van der Waals surface area contributed by atoms with Crippen LogP contribution in [0, 0.1) is 0 Å². The second-order valence-electron chi connectivity index (χ2n) is 4.22. The largest absolute Gasteiger partial charge is 0.480 e. The van der Waals surface area contributed by atoms with Gasteiger partial charge in [-0.15, -0.1) is 5.10 Å². The van der Waals surface area contributed by atoms with Gasteiger partial charge in [-0.1, -0.05) is 11.6 Å². The number of halogens is 1. The Kier molecular flexibility index (Phi) is 3.19. The van der Waals surface area contributed by atoms with Gasteiger partial charge >= 0.3 is 6.01 Å². The molecule has 0 radical (unpaired) electrons. The Hall–Kier alpha value is -2.28. The van der Waals surface area contributed by atoms with Crippen LogP contribution in [0.5, 0.6) is 11.8 Å². The predicted molar refractivity (Wildman–Crippen MR) is 71.1 cm³/mol. The Balaban J connectivity index is 1.68. The molecule has 1 unspecified atom stereocenters. The number of amides is 1. The number of benzene rings is 1. The summed E-state index contributed by atoms with van der Waals surface area (Å²) in [7, 11) is 1.44. The number of aromatic nitrogens is 3. The summed E-state index contributed by atoms with van der Waals surface area (Å²) >= 11 is 5.91. The Morgan fingerprint density at radius 3 is 3.20 bits per heavy atom. The van der Waals surface area contributed by atoms with Gasteiger partial charge in [0.25, 0.3) is 5.91 Å². The van der Waals surface area contributed by atoms with E-state index in [4.69, 9.17) is 21.1 Å². The quantitative estimate of drug-likeness (QED) is 0.893. The third-order valence-electron chi connectivity index (χ3n) is 2.88. The fraction of sp³-hybridized carbons (Fsp3) is 0.250. The molecule has 1 amide bonds. The van der Waals surface area contributed by atoms with Crippen LogP contribution in [0.25, 0.3) is 0 Å². The van der Waals surface area contributed by atoms with Gasteiger partial charge in [0.2, 0.25) is 5.95 Å². The molecule has 0 spiro atoms. The maximum Gasteiger partial charge on any atom is 0.336 e. The Morgan fingerprint density at radius 2 is 2.45 bits per heavy atom. The summed E-state index contributed by atoms with van der Waals surface area (Å²) in [5, 5.41) is 9.48. The second-order valence-corrected chi connectivity index (χ2v) is 4.66. The maximum atomic E-state index is 12.1. The average molecular weight is 295 g/mol. The number of carbonyl (C=O) groups excluding carboxylic acids is 1. The highest BCUT2D eigenvalue weighted by Crippen LogP contribution is 2.31. The molecule has 0 fully saturated rings. The number of aromatic amines is 1. The molecule has 2 heterocycles. The average Bonchev–Trinajstić information content (AvgIpc) is 3.04. The second kappa shape index (κ2) is 5.01. The zero-order valence-electron chi connectivity index (χ0n) is 10.5. The number of nitrogens with zero attached hydrogens (tertiary/aromatic N) is 2. The number of methoxy groups -OCH3 is 1. The minimum atomic E-state index is -0.612. The summed E-state index contributed by atoms with van der Waals surface area (Å²) in [6, 6.07) is 5.43. The third kappa shape index (κ3) is 2.39. The summed E-state index contributed by atoms with van der Waals surface area (Å²) < 4.78 is 10.4. The van der Waals surface area contributed by atoms with E-state index in [-0.39, 0.29) is 17.9 Å². The standard InChI is InChI=1S/C12H11ClN4O3/c1-19-12-15-11(16-17-12)14-10(18)9-5-6-4-7(13)2-3-8(6)20-9/h2-4,9H,5H2,1H3,(H2,14,15,16,17,18). The van der Waals surface area contributed by atoms with Crippen molar-refractivity contribution in [1.29, 1.82) is 0 Å². The first-order valence-electron chi connectivity index (χ1n) is 5.88. The molecule has 1 aromatic heterocycles. The van der Waals surface area contributed by atoms with Crippen molar-refractivity contribution in [2.45, 2.75) is 12.5 Å². The number of H-pyrrole nitrogens is 1. The number of hydrogen-bond donors (Lipinski definition) is 2. The number of carbonyl (C=O) groups is 1. The lowest BCUT2D eigenvalue weighted by Gasteiger charge is -2.08. The van der Waals surface area contributed by atoms with E-state index < -0.39 is 6.10 Å². The first-order chi connectivity index (χ1) is 9.65. The van der Waals surface area contributed by atoms with Gasteiger partial charge in [0, 0.05) is 11.4 Å². The van der Waals surface area contributed by atoms with Gasteiger partial charge in [-0.25, -0.2) is 5.10 Å². The molecule has 1 aliphatic rings. The van der Waals surface area contributed by atoms with E-state index in [9.17, 15) is 4.79 Å². The molecule has 20 heavy (non-hydrogen) atoms. The molecule has 104 valence electrons. The van der Waals surface area contributed by atoms with Crippen molar-refractivity contribution in [3.63, 3.8) is 0 Å². The highest BCUT2D eigenvalue weighted by atomic mass is 35.5. The Bertz CT molecular complexity index is 658. The van der Waals surface area contributed by atoms with E-state index in [0.717, 1.165) is 5.56 Å². The van der Waals surface area contributed by atoms with Crippen molar-refractivity contribution >= 4 is 23.5 Å². The van der Waals surface area contributed by atoms with Gasteiger partial charge in [0.15, 0.2) is 6.10 Å². The van der Waals surface area contributed by atoms with Crippen LogP contribution in [0.4, 0.5) is 5.95 Å². The highest BCUT2D eigenvalue weighted by molar-refractivity contribution is 6.30. The monoisotopic (exact) mass is 294 g/mol. The normalized spacial score (nSPS) is 16.4. The fourth-order valence-electron chi connectivity index (χ4n) is 1.95. The van der Waals surface area contributed by atoms with Gasteiger partial charge in [-0.2, -0.15) is 4.98 Å². The molecule has 0 saturated carbocycles. The van der Waals surface area contributed by atoms with Crippen molar-refractivity contribution in [3.05, 3.63) is 28.8 Å². The third-order valence-corrected chi connectivity index (χ3v) is 3.11. The van der Waals surface area contributed by atoms with E-state index in [1.54, 1.807) is 18.2 Å². The lowest BCUT2D eigenvalue weighted by Crippen LogP contribution is -2.31. The molecule has 0 bridgehead atoms. The van der Waals surface area contributed by atoms with Crippen LogP contribution in [0.3, 0.4) is 0 Å². The van der Waals surface area contributed by atoms with Crippen molar-refractivity contribution in [1.82, 2.24) is 15.2 Å². The summed E-state index contributed by atoms with van der Waals surface area (Å²) in [6.45, 7) is 0. The van der Waals surface area contributed by atoms with E-state index in [1.165, 1.54) is 7.11 Å². The van der Waals surface area contributed by atoms with Crippen LogP contribution in [0.1, 0.15) is 5.56 Å². The molecule has 1 aromatic carbocycles. The molecule has 0 aliphatic carbocycles. The summed E-state index contributed by atoms with van der Waals surface area (Å²) in [5.74, 6) is 0.574. The number of fused-ring (bicyclic) bond motifs is 1. The van der Waals surface area contributed by atoms with Crippen LogP contribution in [-0.4, -0.2) is 34.3 Å². The summed E-state index contributed by atoms with van der Waals surface area (Å²) in [5.41, 5.74) is 0.910. The SMILES string of the molecule is COc1n[nH]c(NC(=O)C2Cc3cc(Cl)ccc3O2)n1. The molecule has 7 nitrogen and oxygen atoms in total. The van der Waals surface area contributed by atoms with E-state index >= 15 is 0 Å². The van der Waals surface area contributed by atoms with Gasteiger partial charge in [0.05, 0.1) is 7.11 Å². The van der Waals surface area contributed by atoms with Crippen LogP contribution in [0.2, 0.25) is 5.02 Å². The highest BCUT2D eigenvalue weighted by Gasteiger charge is 2.29. The number of anilines is 1. The summed E-state index contributed by atoms with van der Waals surface area (Å²) in [6.07, 6.45) is -0.146. The first kappa shape index (κ1) is 12.7. The van der Waals surface area contributed by atoms with Crippen LogP contribution < -0.4 is 14.8 Å². The number of rotatable bonds is 3. The molecule has 1 aliphatic heterocycles. The van der Waals surface area contributed by atoms with Crippen molar-refractivity contribution < 1.29 is 14.3 Å². The molecule has 2 N–H and O–H groups in total. The van der Waals surface area contributed by atoms with Crippen LogP contribution in [-0.2, 0) is 11.2 Å². The van der Waals surface area contributed by atoms with Crippen LogP contribution >= 0.6 is 11.6 Å². The van der Waals surface area contributed by atoms with Gasteiger partial charge in [-0.3, -0.25) is 10.1 Å². The fourth-order valence-corrected chi connectivity index (χ4v) is 2.15. The van der Waals surface area contributed by atoms with E-state index in [1.807, 2.05) is 0 Å². The van der Waals surface area contributed by atoms with E-state index in [0.29, 0.717) is 17.2 Å². The molecular weight excluding hydrogens is 284 g/mol. The number of nitrogens with one attached hydrogen (secondary N) is 2. The molecule has 1 atom stereocenters.